The standard InChI is InChI=1S/C22H15F3N2O3/c23-16-3-1-2-13(9-16)14-4-5-18(24)15(8-14)11-27-22-17(10-26)20(7-6-19(22)25)30-12-21(28)29/h1-9,27H,11-12H2,(H,28,29). The number of ether oxygens (including phenoxy) is 1. The van der Waals surface area contributed by atoms with Gasteiger partial charge in [0.1, 0.15) is 34.8 Å². The number of halogens is 3. The van der Waals surface area contributed by atoms with Crippen molar-refractivity contribution in [2.75, 3.05) is 11.9 Å². The largest absolute Gasteiger partial charge is 0.480 e. The highest BCUT2D eigenvalue weighted by Gasteiger charge is 2.16. The summed E-state index contributed by atoms with van der Waals surface area (Å²) in [6.07, 6.45) is 0. The van der Waals surface area contributed by atoms with Crippen LogP contribution in [0.3, 0.4) is 0 Å². The molecule has 0 radical (unpaired) electrons. The number of carboxylic acids is 1. The van der Waals surface area contributed by atoms with Crippen LogP contribution in [-0.2, 0) is 11.3 Å². The Bertz CT molecular complexity index is 1140. The average molecular weight is 412 g/mol. The van der Waals surface area contributed by atoms with E-state index in [9.17, 15) is 23.2 Å². The molecule has 30 heavy (non-hydrogen) atoms. The first-order valence-electron chi connectivity index (χ1n) is 8.74. The lowest BCUT2D eigenvalue weighted by molar-refractivity contribution is -0.139. The zero-order chi connectivity index (χ0) is 21.7. The molecule has 0 aliphatic rings. The van der Waals surface area contributed by atoms with Crippen molar-refractivity contribution >= 4 is 11.7 Å². The minimum Gasteiger partial charge on any atom is -0.480 e. The average Bonchev–Trinajstić information content (AvgIpc) is 2.72. The van der Waals surface area contributed by atoms with Crippen LogP contribution in [0.25, 0.3) is 11.1 Å². The minimum atomic E-state index is -1.26. The Kier molecular flexibility index (Phi) is 6.23. The van der Waals surface area contributed by atoms with Crippen LogP contribution in [0.4, 0.5) is 18.9 Å². The highest BCUT2D eigenvalue weighted by atomic mass is 19.1. The number of hydrogen-bond donors (Lipinski definition) is 2. The predicted octanol–water partition coefficient (Wildman–Crippen LogP) is 4.72. The van der Waals surface area contributed by atoms with Crippen molar-refractivity contribution in [2.24, 2.45) is 0 Å². The lowest BCUT2D eigenvalue weighted by Gasteiger charge is -2.14. The van der Waals surface area contributed by atoms with Crippen LogP contribution in [0, 0.1) is 28.8 Å². The molecule has 0 unspecified atom stereocenters. The lowest BCUT2D eigenvalue weighted by Crippen LogP contribution is -2.12. The van der Waals surface area contributed by atoms with Gasteiger partial charge in [-0.3, -0.25) is 0 Å². The van der Waals surface area contributed by atoms with E-state index in [4.69, 9.17) is 9.84 Å². The van der Waals surface area contributed by atoms with Crippen molar-refractivity contribution in [3.05, 3.63) is 83.2 Å². The number of rotatable bonds is 7. The number of benzene rings is 3. The molecule has 3 aromatic carbocycles. The Morgan fingerprint density at radius 1 is 1.03 bits per heavy atom. The molecule has 0 aliphatic heterocycles. The second-order valence-electron chi connectivity index (χ2n) is 6.26. The maximum atomic E-state index is 14.3. The molecule has 152 valence electrons. The molecule has 2 N–H and O–H groups in total. The number of nitrogens with one attached hydrogen (secondary N) is 1. The molecule has 3 aromatic rings. The van der Waals surface area contributed by atoms with E-state index in [2.05, 4.69) is 5.32 Å². The highest BCUT2D eigenvalue weighted by molar-refractivity contribution is 5.70. The lowest BCUT2D eigenvalue weighted by atomic mass is 10.0. The van der Waals surface area contributed by atoms with Crippen LogP contribution in [0.5, 0.6) is 5.75 Å². The summed E-state index contributed by atoms with van der Waals surface area (Å²) >= 11 is 0. The zero-order valence-electron chi connectivity index (χ0n) is 15.5. The molecule has 8 heteroatoms. The molecule has 0 saturated carbocycles. The van der Waals surface area contributed by atoms with E-state index in [1.807, 2.05) is 0 Å². The summed E-state index contributed by atoms with van der Waals surface area (Å²) in [6, 6.07) is 13.9. The number of carboxylic acid groups (broad SMARTS) is 1. The summed E-state index contributed by atoms with van der Waals surface area (Å²) in [5.74, 6) is -3.15. The molecule has 0 aliphatic carbocycles. The summed E-state index contributed by atoms with van der Waals surface area (Å²) in [6.45, 7) is -0.882. The van der Waals surface area contributed by atoms with Gasteiger partial charge in [-0.2, -0.15) is 5.26 Å². The zero-order valence-corrected chi connectivity index (χ0v) is 15.5. The van der Waals surface area contributed by atoms with Gasteiger partial charge < -0.3 is 15.2 Å². The number of aliphatic carboxylic acids is 1. The van der Waals surface area contributed by atoms with E-state index in [1.54, 1.807) is 12.1 Å². The third-order valence-corrected chi connectivity index (χ3v) is 4.24. The van der Waals surface area contributed by atoms with Crippen LogP contribution in [0.2, 0.25) is 0 Å². The quantitative estimate of drug-likeness (QED) is 0.587. The number of nitriles is 1. The highest BCUT2D eigenvalue weighted by Crippen LogP contribution is 2.30. The molecule has 0 spiro atoms. The maximum absolute atomic E-state index is 14.3. The smallest absolute Gasteiger partial charge is 0.341 e. The Hall–Kier alpha value is -3.99. The van der Waals surface area contributed by atoms with Crippen molar-refractivity contribution in [1.82, 2.24) is 0 Å². The van der Waals surface area contributed by atoms with Crippen LogP contribution in [-0.4, -0.2) is 17.7 Å². The van der Waals surface area contributed by atoms with Crippen LogP contribution < -0.4 is 10.1 Å². The van der Waals surface area contributed by atoms with Gasteiger partial charge >= 0.3 is 5.97 Å². The number of carbonyl (C=O) groups is 1. The van der Waals surface area contributed by atoms with Crippen molar-refractivity contribution in [1.29, 1.82) is 5.26 Å². The van der Waals surface area contributed by atoms with Crippen LogP contribution in [0.1, 0.15) is 11.1 Å². The molecular formula is C22H15F3N2O3. The van der Waals surface area contributed by atoms with Gasteiger partial charge in [0.15, 0.2) is 6.61 Å². The third-order valence-electron chi connectivity index (χ3n) is 4.24. The normalized spacial score (nSPS) is 10.3. The molecule has 0 atom stereocenters. The van der Waals surface area contributed by atoms with Gasteiger partial charge in [-0.25, -0.2) is 18.0 Å². The molecule has 0 aromatic heterocycles. The van der Waals surface area contributed by atoms with Gasteiger partial charge in [0.25, 0.3) is 0 Å². The third kappa shape index (κ3) is 4.70. The van der Waals surface area contributed by atoms with Gasteiger partial charge in [-0.05, 0) is 47.5 Å². The number of hydrogen-bond acceptors (Lipinski definition) is 4. The van der Waals surface area contributed by atoms with Crippen molar-refractivity contribution in [2.45, 2.75) is 6.54 Å². The number of anilines is 1. The molecule has 0 heterocycles. The number of nitrogens with zero attached hydrogens (tertiary/aromatic N) is 1. The first-order chi connectivity index (χ1) is 14.4. The van der Waals surface area contributed by atoms with Crippen molar-refractivity contribution < 1.29 is 27.8 Å². The van der Waals surface area contributed by atoms with Gasteiger partial charge in [0.2, 0.25) is 0 Å². The fourth-order valence-electron chi connectivity index (χ4n) is 2.84. The summed E-state index contributed by atoms with van der Waals surface area (Å²) in [7, 11) is 0. The fraction of sp³-hybridized carbons (Fsp3) is 0.0909. The SMILES string of the molecule is N#Cc1c(OCC(=O)O)ccc(F)c1NCc1cc(-c2cccc(F)c2)ccc1F. The van der Waals surface area contributed by atoms with E-state index in [1.165, 1.54) is 36.4 Å². The summed E-state index contributed by atoms with van der Waals surface area (Å²) in [5, 5.41) is 20.8. The fourth-order valence-corrected chi connectivity index (χ4v) is 2.84. The van der Waals surface area contributed by atoms with Gasteiger partial charge in [-0.15, -0.1) is 0 Å². The van der Waals surface area contributed by atoms with E-state index in [0.29, 0.717) is 11.1 Å². The second kappa shape index (κ2) is 9.01. The summed E-state index contributed by atoms with van der Waals surface area (Å²) in [5.41, 5.74) is 0.794. The van der Waals surface area contributed by atoms with Crippen LogP contribution in [0.15, 0.2) is 54.6 Å². The van der Waals surface area contributed by atoms with E-state index in [0.717, 1.165) is 12.1 Å². The predicted molar refractivity (Wildman–Crippen MR) is 103 cm³/mol. The topological polar surface area (TPSA) is 82.3 Å². The van der Waals surface area contributed by atoms with Gasteiger partial charge in [-0.1, -0.05) is 18.2 Å². The monoisotopic (exact) mass is 412 g/mol. The second-order valence-corrected chi connectivity index (χ2v) is 6.26. The van der Waals surface area contributed by atoms with Crippen molar-refractivity contribution in [3.8, 4) is 22.9 Å². The van der Waals surface area contributed by atoms with E-state index >= 15 is 0 Å². The Morgan fingerprint density at radius 3 is 2.47 bits per heavy atom. The summed E-state index contributed by atoms with van der Waals surface area (Å²) < 4.78 is 47.0. The van der Waals surface area contributed by atoms with E-state index < -0.39 is 30.0 Å². The molecule has 0 bridgehead atoms. The minimum absolute atomic E-state index is 0.113. The van der Waals surface area contributed by atoms with Crippen LogP contribution >= 0.6 is 0 Å². The molecule has 3 rings (SSSR count). The molecule has 0 saturated heterocycles. The summed E-state index contributed by atoms with van der Waals surface area (Å²) in [4.78, 5) is 10.7. The maximum Gasteiger partial charge on any atom is 0.341 e. The first kappa shape index (κ1) is 20.7. The Labute approximate surface area is 170 Å². The molecule has 0 fully saturated rings. The van der Waals surface area contributed by atoms with Crippen molar-refractivity contribution in [3.63, 3.8) is 0 Å². The van der Waals surface area contributed by atoms with Gasteiger partial charge in [0, 0.05) is 12.1 Å². The molecule has 0 amide bonds. The Balaban J connectivity index is 1.88. The molecule has 5 nitrogen and oxygen atoms in total. The van der Waals surface area contributed by atoms with E-state index in [-0.39, 0.29) is 29.1 Å². The van der Waals surface area contributed by atoms with Gasteiger partial charge in [0.05, 0.1) is 5.69 Å². The first-order valence-corrected chi connectivity index (χ1v) is 8.74. The molecular weight excluding hydrogens is 397 g/mol. The Morgan fingerprint density at radius 2 is 1.77 bits per heavy atom.